The second kappa shape index (κ2) is 12.1. The first kappa shape index (κ1) is 24.4. The summed E-state index contributed by atoms with van der Waals surface area (Å²) in [6.07, 6.45) is 2.20. The van der Waals surface area contributed by atoms with Crippen molar-refractivity contribution in [2.45, 2.75) is 64.5 Å². The molecule has 0 spiro atoms. The maximum atomic E-state index is 13.0. The normalized spacial score (nSPS) is 17.6. The van der Waals surface area contributed by atoms with Crippen LogP contribution >= 0.6 is 0 Å². The van der Waals surface area contributed by atoms with Crippen LogP contribution in [0.25, 0.3) is 0 Å². The molecule has 0 aliphatic carbocycles. The average molecular weight is 433 g/mol. The van der Waals surface area contributed by atoms with E-state index in [-0.39, 0.29) is 31.1 Å². The van der Waals surface area contributed by atoms with Crippen LogP contribution in [-0.4, -0.2) is 59.0 Å². The third-order valence-electron chi connectivity index (χ3n) is 5.44. The molecular weight excluding hydrogens is 400 g/mol. The van der Waals surface area contributed by atoms with Crippen molar-refractivity contribution >= 4 is 23.8 Å². The summed E-state index contributed by atoms with van der Waals surface area (Å²) in [5, 5.41) is 11.9. The number of unbranched alkanes of at least 4 members (excludes halogenated alkanes) is 1. The lowest BCUT2D eigenvalue weighted by Crippen LogP contribution is -2.46. The minimum absolute atomic E-state index is 0.0889. The van der Waals surface area contributed by atoms with E-state index in [1.54, 1.807) is 6.92 Å². The van der Waals surface area contributed by atoms with Crippen LogP contribution in [0.2, 0.25) is 0 Å². The van der Waals surface area contributed by atoms with E-state index in [4.69, 9.17) is 4.74 Å². The van der Waals surface area contributed by atoms with Crippen LogP contribution < -0.4 is 5.32 Å². The molecular formula is C23H32N2O6. The second-order valence-corrected chi connectivity index (χ2v) is 7.98. The molecule has 1 aromatic carbocycles. The van der Waals surface area contributed by atoms with Crippen molar-refractivity contribution in [2.75, 3.05) is 13.2 Å². The Hall–Kier alpha value is -2.90. The zero-order valence-electron chi connectivity index (χ0n) is 18.2. The van der Waals surface area contributed by atoms with E-state index >= 15 is 0 Å². The first-order valence-corrected chi connectivity index (χ1v) is 10.9. The molecule has 1 aliphatic rings. The van der Waals surface area contributed by atoms with Gasteiger partial charge in [-0.25, -0.2) is 9.59 Å². The fraction of sp³-hybridized carbons (Fsp3) is 0.565. The van der Waals surface area contributed by atoms with Gasteiger partial charge in [0.2, 0.25) is 5.91 Å². The Kier molecular flexibility index (Phi) is 9.49. The summed E-state index contributed by atoms with van der Waals surface area (Å²) in [7, 11) is 0. The van der Waals surface area contributed by atoms with Gasteiger partial charge in [0.05, 0.1) is 12.6 Å². The minimum Gasteiger partial charge on any atom is -0.480 e. The Balaban J connectivity index is 2.03. The summed E-state index contributed by atoms with van der Waals surface area (Å²) in [6.45, 7) is 4.26. The van der Waals surface area contributed by atoms with Crippen LogP contribution in [0.4, 0.5) is 4.79 Å². The zero-order chi connectivity index (χ0) is 22.8. The van der Waals surface area contributed by atoms with Gasteiger partial charge in [-0.3, -0.25) is 9.59 Å². The van der Waals surface area contributed by atoms with E-state index in [0.717, 1.165) is 18.4 Å². The van der Waals surface area contributed by atoms with Crippen molar-refractivity contribution in [3.05, 3.63) is 35.9 Å². The van der Waals surface area contributed by atoms with Gasteiger partial charge in [-0.05, 0) is 31.2 Å². The molecule has 1 aromatic rings. The highest BCUT2D eigenvalue weighted by Gasteiger charge is 2.37. The Morgan fingerprint density at radius 2 is 1.94 bits per heavy atom. The van der Waals surface area contributed by atoms with Crippen molar-refractivity contribution in [1.82, 2.24) is 10.2 Å². The van der Waals surface area contributed by atoms with Crippen LogP contribution in [-0.2, 0) is 25.5 Å². The summed E-state index contributed by atoms with van der Waals surface area (Å²) in [5.74, 6) is -2.34. The van der Waals surface area contributed by atoms with Crippen molar-refractivity contribution < 1.29 is 29.0 Å². The number of ketones is 1. The number of benzene rings is 1. The largest absolute Gasteiger partial charge is 0.480 e. The molecule has 2 rings (SSSR count). The maximum Gasteiger partial charge on any atom is 0.407 e. The molecule has 0 bridgehead atoms. The zero-order valence-corrected chi connectivity index (χ0v) is 18.2. The Morgan fingerprint density at radius 3 is 2.58 bits per heavy atom. The van der Waals surface area contributed by atoms with Gasteiger partial charge in [-0.2, -0.15) is 0 Å². The van der Waals surface area contributed by atoms with Gasteiger partial charge in [0, 0.05) is 18.9 Å². The fourth-order valence-corrected chi connectivity index (χ4v) is 3.69. The van der Waals surface area contributed by atoms with E-state index in [1.807, 2.05) is 37.3 Å². The van der Waals surface area contributed by atoms with E-state index < -0.39 is 30.1 Å². The monoisotopic (exact) mass is 432 g/mol. The van der Waals surface area contributed by atoms with Crippen molar-refractivity contribution in [1.29, 1.82) is 0 Å². The number of nitrogens with one attached hydrogen (secondary N) is 1. The molecule has 2 N–H and O–H groups in total. The molecule has 31 heavy (non-hydrogen) atoms. The number of hydrogen-bond acceptors (Lipinski definition) is 5. The van der Waals surface area contributed by atoms with Gasteiger partial charge in [0.1, 0.15) is 6.04 Å². The van der Waals surface area contributed by atoms with Crippen LogP contribution in [0.3, 0.4) is 0 Å². The topological polar surface area (TPSA) is 113 Å². The smallest absolute Gasteiger partial charge is 0.407 e. The first-order chi connectivity index (χ1) is 14.8. The molecule has 0 aromatic heterocycles. The second-order valence-electron chi connectivity index (χ2n) is 7.98. The molecule has 8 nitrogen and oxygen atoms in total. The first-order valence-electron chi connectivity index (χ1n) is 10.9. The van der Waals surface area contributed by atoms with Crippen LogP contribution in [0, 0.1) is 5.92 Å². The molecule has 0 radical (unpaired) electrons. The molecule has 1 fully saturated rings. The lowest BCUT2D eigenvalue weighted by atomic mass is 9.94. The van der Waals surface area contributed by atoms with E-state index in [0.29, 0.717) is 19.4 Å². The number of ether oxygens (including phenoxy) is 1. The number of aliphatic carboxylic acids is 1. The molecule has 1 aliphatic heterocycles. The van der Waals surface area contributed by atoms with E-state index in [2.05, 4.69) is 5.32 Å². The third-order valence-corrected chi connectivity index (χ3v) is 5.44. The Labute approximate surface area is 182 Å². The van der Waals surface area contributed by atoms with Crippen molar-refractivity contribution in [2.24, 2.45) is 5.92 Å². The highest BCUT2D eigenvalue weighted by atomic mass is 16.5. The Bertz CT molecular complexity index is 767. The fourth-order valence-electron chi connectivity index (χ4n) is 3.69. The molecule has 2 unspecified atom stereocenters. The van der Waals surface area contributed by atoms with Gasteiger partial charge in [-0.15, -0.1) is 0 Å². The number of amides is 2. The number of likely N-dealkylation sites (tertiary alicyclic amines) is 1. The standard InChI is InChI=1S/C23H32N2O6/c1-3-4-13-31-23(30)24-18(15-17-9-6-5-7-10-17)20(26)14-16(2)21(27)25-12-8-11-19(25)22(28)29/h5-7,9-10,16,18-19H,3-4,8,11-15H2,1-2H3,(H,24,30)(H,28,29)/t16?,18?,19-/m0/s1. The number of carbonyl (C=O) groups is 4. The predicted octanol–water partition coefficient (Wildman–Crippen LogP) is 2.79. The van der Waals surface area contributed by atoms with Gasteiger partial charge in [0.15, 0.2) is 5.78 Å². The van der Waals surface area contributed by atoms with Crippen LogP contribution in [0.1, 0.15) is 51.5 Å². The maximum absolute atomic E-state index is 13.0. The van der Waals surface area contributed by atoms with Gasteiger partial charge < -0.3 is 20.1 Å². The molecule has 3 atom stereocenters. The molecule has 8 heteroatoms. The summed E-state index contributed by atoms with van der Waals surface area (Å²) in [4.78, 5) is 50.6. The summed E-state index contributed by atoms with van der Waals surface area (Å²) < 4.78 is 5.13. The SMILES string of the molecule is CCCCOC(=O)NC(Cc1ccccc1)C(=O)CC(C)C(=O)N1CCC[C@H]1C(=O)O. The van der Waals surface area contributed by atoms with Crippen molar-refractivity contribution in [3.63, 3.8) is 0 Å². The molecule has 0 saturated carbocycles. The minimum atomic E-state index is -1.03. The highest BCUT2D eigenvalue weighted by molar-refractivity contribution is 5.93. The molecule has 1 saturated heterocycles. The van der Waals surface area contributed by atoms with Crippen molar-refractivity contribution in [3.8, 4) is 0 Å². The number of carboxylic acids is 1. The van der Waals surface area contributed by atoms with Crippen LogP contribution in [0.5, 0.6) is 0 Å². The van der Waals surface area contributed by atoms with Crippen LogP contribution in [0.15, 0.2) is 30.3 Å². The average Bonchev–Trinajstić information content (AvgIpc) is 3.24. The molecule has 1 heterocycles. The quantitative estimate of drug-likeness (QED) is 0.520. The van der Waals surface area contributed by atoms with Gasteiger partial charge >= 0.3 is 12.1 Å². The number of hydrogen-bond donors (Lipinski definition) is 2. The number of carbonyl (C=O) groups excluding carboxylic acids is 3. The van der Waals surface area contributed by atoms with E-state index in [9.17, 15) is 24.3 Å². The van der Waals surface area contributed by atoms with E-state index in [1.165, 1.54) is 4.90 Å². The van der Waals surface area contributed by atoms with Gasteiger partial charge in [-0.1, -0.05) is 50.6 Å². The number of alkyl carbamates (subject to hydrolysis) is 1. The molecule has 170 valence electrons. The lowest BCUT2D eigenvalue weighted by Gasteiger charge is -2.25. The predicted molar refractivity (Wildman–Crippen MR) is 114 cm³/mol. The third kappa shape index (κ3) is 7.38. The Morgan fingerprint density at radius 1 is 1.23 bits per heavy atom. The summed E-state index contributed by atoms with van der Waals surface area (Å²) in [6, 6.07) is 7.62. The summed E-state index contributed by atoms with van der Waals surface area (Å²) >= 11 is 0. The number of nitrogens with zero attached hydrogens (tertiary/aromatic N) is 1. The van der Waals surface area contributed by atoms with Gasteiger partial charge in [0.25, 0.3) is 0 Å². The lowest BCUT2D eigenvalue weighted by molar-refractivity contribution is -0.150. The molecule has 2 amide bonds. The number of carboxylic acid groups (broad SMARTS) is 1. The number of Topliss-reactive ketones (excluding diaryl/α,β-unsaturated/α-hetero) is 1. The number of rotatable bonds is 11. The summed E-state index contributed by atoms with van der Waals surface area (Å²) in [5.41, 5.74) is 0.874. The highest BCUT2D eigenvalue weighted by Crippen LogP contribution is 2.22.